The highest BCUT2D eigenvalue weighted by atomic mass is 32.2. The standard InChI is InChI=1S/C21H21N9O4S/c1-35(33,34)29-19-17(23-5-6-24-19)11-25-18-15(9-22)10-26-20(28-18)27-16-3-2-14-12-30(21(31)32)7-4-13(14)8-16/h2-3,5-6,8,10H,4,7,11-12H2,1H3,(H,24,29)(H,31,32)(H2,25,26,27,28). The van der Waals surface area contributed by atoms with Crippen LogP contribution in [0, 0.1) is 11.3 Å². The summed E-state index contributed by atoms with van der Waals surface area (Å²) in [5, 5.41) is 24.7. The first kappa shape index (κ1) is 23.6. The highest BCUT2D eigenvalue weighted by Crippen LogP contribution is 2.25. The Bertz CT molecular complexity index is 1420. The van der Waals surface area contributed by atoms with Gasteiger partial charge in [-0.15, -0.1) is 0 Å². The van der Waals surface area contributed by atoms with Crippen LogP contribution < -0.4 is 15.4 Å². The molecule has 0 spiro atoms. The van der Waals surface area contributed by atoms with E-state index in [2.05, 4.69) is 35.3 Å². The number of benzene rings is 1. The van der Waals surface area contributed by atoms with Crippen molar-refractivity contribution in [3.05, 3.63) is 59.2 Å². The number of carboxylic acid groups (broad SMARTS) is 1. The van der Waals surface area contributed by atoms with Crippen LogP contribution in [0.25, 0.3) is 0 Å². The number of hydrogen-bond donors (Lipinski definition) is 4. The molecule has 1 amide bonds. The molecule has 13 nitrogen and oxygen atoms in total. The number of nitriles is 1. The molecule has 0 saturated carbocycles. The van der Waals surface area contributed by atoms with Crippen LogP contribution in [0.4, 0.5) is 28.1 Å². The Balaban J connectivity index is 1.51. The number of nitrogens with zero attached hydrogens (tertiary/aromatic N) is 6. The molecule has 0 fully saturated rings. The number of aromatic nitrogens is 4. The largest absolute Gasteiger partial charge is 0.465 e. The number of fused-ring (bicyclic) bond motifs is 1. The minimum atomic E-state index is -3.55. The minimum Gasteiger partial charge on any atom is -0.465 e. The van der Waals surface area contributed by atoms with E-state index in [4.69, 9.17) is 0 Å². The maximum atomic E-state index is 11.6. The van der Waals surface area contributed by atoms with Gasteiger partial charge in [-0.05, 0) is 29.7 Å². The van der Waals surface area contributed by atoms with Gasteiger partial charge in [0.2, 0.25) is 16.0 Å². The molecule has 35 heavy (non-hydrogen) atoms. The van der Waals surface area contributed by atoms with Gasteiger partial charge in [-0.25, -0.2) is 23.2 Å². The third kappa shape index (κ3) is 5.89. The molecule has 1 aliphatic rings. The molecule has 2 aromatic heterocycles. The van der Waals surface area contributed by atoms with Crippen LogP contribution in [-0.2, 0) is 29.5 Å². The fourth-order valence-electron chi connectivity index (χ4n) is 3.51. The zero-order chi connectivity index (χ0) is 25.0. The Hall–Kier alpha value is -4.51. The van der Waals surface area contributed by atoms with Gasteiger partial charge < -0.3 is 20.6 Å². The Morgan fingerprint density at radius 2 is 2.00 bits per heavy atom. The minimum absolute atomic E-state index is 0.0513. The second-order valence-corrected chi connectivity index (χ2v) is 9.46. The molecule has 0 bridgehead atoms. The van der Waals surface area contributed by atoms with Crippen LogP contribution in [-0.4, -0.2) is 57.3 Å². The van der Waals surface area contributed by atoms with Crippen molar-refractivity contribution in [1.82, 2.24) is 24.8 Å². The van der Waals surface area contributed by atoms with E-state index in [9.17, 15) is 23.6 Å². The van der Waals surface area contributed by atoms with E-state index in [0.29, 0.717) is 25.2 Å². The van der Waals surface area contributed by atoms with E-state index in [1.54, 1.807) is 0 Å². The summed E-state index contributed by atoms with van der Waals surface area (Å²) >= 11 is 0. The van der Waals surface area contributed by atoms with Crippen molar-refractivity contribution in [2.75, 3.05) is 28.2 Å². The molecule has 0 aliphatic carbocycles. The smallest absolute Gasteiger partial charge is 0.407 e. The lowest BCUT2D eigenvalue weighted by Crippen LogP contribution is -2.34. The van der Waals surface area contributed by atoms with E-state index in [1.165, 1.54) is 23.5 Å². The first-order valence-electron chi connectivity index (χ1n) is 10.4. The van der Waals surface area contributed by atoms with E-state index >= 15 is 0 Å². The highest BCUT2D eigenvalue weighted by Gasteiger charge is 2.20. The number of hydrogen-bond acceptors (Lipinski definition) is 10. The molecule has 0 radical (unpaired) electrons. The van der Waals surface area contributed by atoms with Crippen LogP contribution in [0.1, 0.15) is 22.4 Å². The molecule has 14 heteroatoms. The van der Waals surface area contributed by atoms with Crippen molar-refractivity contribution in [1.29, 1.82) is 5.26 Å². The van der Waals surface area contributed by atoms with Crippen molar-refractivity contribution in [3.63, 3.8) is 0 Å². The summed E-state index contributed by atoms with van der Waals surface area (Å²) in [6, 6.07) is 7.61. The SMILES string of the molecule is CS(=O)(=O)Nc1nccnc1CNc1nc(Nc2ccc3c(c2)CCN(C(=O)O)C3)ncc1C#N. The molecule has 4 N–H and O–H groups in total. The van der Waals surface area contributed by atoms with Crippen LogP contribution in [0.15, 0.2) is 36.8 Å². The molecule has 3 aromatic rings. The van der Waals surface area contributed by atoms with E-state index in [0.717, 1.165) is 23.1 Å². The topological polar surface area (TPSA) is 186 Å². The monoisotopic (exact) mass is 495 g/mol. The van der Waals surface area contributed by atoms with Crippen molar-refractivity contribution in [3.8, 4) is 6.07 Å². The Morgan fingerprint density at radius 3 is 2.74 bits per heavy atom. The van der Waals surface area contributed by atoms with Gasteiger partial charge in [0, 0.05) is 31.2 Å². The second-order valence-electron chi connectivity index (χ2n) is 7.71. The van der Waals surface area contributed by atoms with E-state index in [1.807, 2.05) is 24.3 Å². The molecule has 180 valence electrons. The predicted molar refractivity (Wildman–Crippen MR) is 126 cm³/mol. The van der Waals surface area contributed by atoms with Crippen molar-refractivity contribution < 1.29 is 18.3 Å². The summed E-state index contributed by atoms with van der Waals surface area (Å²) in [4.78, 5) is 29.3. The summed E-state index contributed by atoms with van der Waals surface area (Å²) in [7, 11) is -3.55. The maximum Gasteiger partial charge on any atom is 0.407 e. The van der Waals surface area contributed by atoms with Gasteiger partial charge in [0.15, 0.2) is 5.82 Å². The van der Waals surface area contributed by atoms with Crippen LogP contribution >= 0.6 is 0 Å². The number of nitrogens with one attached hydrogen (secondary N) is 3. The normalized spacial score (nSPS) is 12.9. The van der Waals surface area contributed by atoms with E-state index in [-0.39, 0.29) is 29.7 Å². The zero-order valence-corrected chi connectivity index (χ0v) is 19.4. The summed E-state index contributed by atoms with van der Waals surface area (Å²) in [6.45, 7) is 0.812. The van der Waals surface area contributed by atoms with Crippen LogP contribution in [0.2, 0.25) is 0 Å². The van der Waals surface area contributed by atoms with Gasteiger partial charge in [0.05, 0.1) is 19.0 Å². The molecule has 3 heterocycles. The van der Waals surface area contributed by atoms with Crippen molar-refractivity contribution >= 4 is 39.4 Å². The third-order valence-corrected chi connectivity index (χ3v) is 5.70. The molecule has 1 aromatic carbocycles. The molecule has 1 aliphatic heterocycles. The molecular formula is C21H21N9O4S. The molecule has 0 atom stereocenters. The number of anilines is 4. The number of amides is 1. The zero-order valence-electron chi connectivity index (χ0n) is 18.6. The Morgan fingerprint density at radius 1 is 1.20 bits per heavy atom. The third-order valence-electron chi connectivity index (χ3n) is 5.13. The van der Waals surface area contributed by atoms with Gasteiger partial charge in [-0.1, -0.05) is 6.07 Å². The quantitative estimate of drug-likeness (QED) is 0.375. The molecule has 0 saturated heterocycles. The van der Waals surface area contributed by atoms with Gasteiger partial charge >= 0.3 is 6.09 Å². The molecular weight excluding hydrogens is 474 g/mol. The predicted octanol–water partition coefficient (Wildman–Crippen LogP) is 1.90. The van der Waals surface area contributed by atoms with Crippen LogP contribution in [0.5, 0.6) is 0 Å². The highest BCUT2D eigenvalue weighted by molar-refractivity contribution is 7.92. The second kappa shape index (κ2) is 9.77. The lowest BCUT2D eigenvalue weighted by Gasteiger charge is -2.26. The maximum absolute atomic E-state index is 11.6. The first-order valence-corrected chi connectivity index (χ1v) is 12.3. The number of carbonyl (C=O) groups is 1. The average Bonchev–Trinajstić information content (AvgIpc) is 2.82. The summed E-state index contributed by atoms with van der Waals surface area (Å²) in [6.07, 6.45) is 4.83. The first-order chi connectivity index (χ1) is 16.7. The van der Waals surface area contributed by atoms with E-state index < -0.39 is 16.1 Å². The average molecular weight is 496 g/mol. The lowest BCUT2D eigenvalue weighted by atomic mass is 9.99. The lowest BCUT2D eigenvalue weighted by molar-refractivity contribution is 0.140. The molecule has 4 rings (SSSR count). The summed E-state index contributed by atoms with van der Waals surface area (Å²) in [5.41, 5.74) is 3.20. The van der Waals surface area contributed by atoms with Gasteiger partial charge in [-0.2, -0.15) is 10.2 Å². The van der Waals surface area contributed by atoms with Crippen LogP contribution in [0.3, 0.4) is 0 Å². The Kier molecular flexibility index (Phi) is 6.60. The van der Waals surface area contributed by atoms with Gasteiger partial charge in [0.25, 0.3) is 0 Å². The number of sulfonamides is 1. The fourth-order valence-corrected chi connectivity index (χ4v) is 4.03. The summed E-state index contributed by atoms with van der Waals surface area (Å²) in [5.74, 6) is 0.544. The fraction of sp³-hybridized carbons (Fsp3) is 0.238. The Labute approximate surface area is 200 Å². The molecule has 0 unspecified atom stereocenters. The number of rotatable bonds is 7. The van der Waals surface area contributed by atoms with Gasteiger partial charge in [-0.3, -0.25) is 9.71 Å². The van der Waals surface area contributed by atoms with Crippen molar-refractivity contribution in [2.24, 2.45) is 0 Å². The summed E-state index contributed by atoms with van der Waals surface area (Å²) < 4.78 is 25.5. The van der Waals surface area contributed by atoms with Gasteiger partial charge in [0.1, 0.15) is 23.1 Å². The van der Waals surface area contributed by atoms with Crippen molar-refractivity contribution in [2.45, 2.75) is 19.5 Å².